The summed E-state index contributed by atoms with van der Waals surface area (Å²) in [7, 11) is 0. The zero-order valence-electron chi connectivity index (χ0n) is 51.7. The van der Waals surface area contributed by atoms with E-state index in [0.29, 0.717) is 19.3 Å². The lowest BCUT2D eigenvalue weighted by Crippen LogP contribution is -2.30. The van der Waals surface area contributed by atoms with E-state index < -0.39 is 6.10 Å². The first-order chi connectivity index (χ1) is 38.5. The van der Waals surface area contributed by atoms with Crippen molar-refractivity contribution in [2.45, 2.75) is 341 Å². The molecule has 0 aromatic carbocycles. The van der Waals surface area contributed by atoms with Gasteiger partial charge < -0.3 is 14.2 Å². The maximum absolute atomic E-state index is 12.9. The van der Waals surface area contributed by atoms with Crippen molar-refractivity contribution in [3.8, 4) is 0 Å². The predicted molar refractivity (Wildman–Crippen MR) is 339 cm³/mol. The van der Waals surface area contributed by atoms with Gasteiger partial charge in [0.25, 0.3) is 0 Å². The van der Waals surface area contributed by atoms with Crippen LogP contribution < -0.4 is 0 Å². The molecule has 0 saturated heterocycles. The number of hydrogen-bond acceptors (Lipinski definition) is 6. The van der Waals surface area contributed by atoms with Gasteiger partial charge >= 0.3 is 17.9 Å². The topological polar surface area (TPSA) is 78.9 Å². The second-order valence-corrected chi connectivity index (χ2v) is 22.4. The normalized spacial score (nSPS) is 12.6. The molecule has 0 bridgehead atoms. The van der Waals surface area contributed by atoms with E-state index in [1.165, 1.54) is 199 Å². The number of unbranched alkanes of at least 4 members (excludes halogenated alkanes) is 36. The van der Waals surface area contributed by atoms with Crippen molar-refractivity contribution in [2.24, 2.45) is 0 Å². The van der Waals surface area contributed by atoms with Gasteiger partial charge in [0.15, 0.2) is 6.10 Å². The minimum absolute atomic E-state index is 0.0744. The van der Waals surface area contributed by atoms with E-state index in [4.69, 9.17) is 14.2 Å². The Bertz CT molecular complexity index is 1480. The second kappa shape index (κ2) is 66.1. The van der Waals surface area contributed by atoms with Crippen LogP contribution in [0.4, 0.5) is 0 Å². The van der Waals surface area contributed by atoms with E-state index in [0.717, 1.165) is 96.3 Å². The van der Waals surface area contributed by atoms with E-state index >= 15 is 0 Å². The van der Waals surface area contributed by atoms with Gasteiger partial charge in [-0.3, -0.25) is 14.4 Å². The molecule has 6 heteroatoms. The van der Waals surface area contributed by atoms with Gasteiger partial charge in [-0.25, -0.2) is 0 Å². The van der Waals surface area contributed by atoms with E-state index in [2.05, 4.69) is 106 Å². The molecule has 78 heavy (non-hydrogen) atoms. The van der Waals surface area contributed by atoms with Crippen LogP contribution in [0.15, 0.2) is 85.1 Å². The van der Waals surface area contributed by atoms with Gasteiger partial charge in [-0.2, -0.15) is 0 Å². The second-order valence-electron chi connectivity index (χ2n) is 22.4. The molecule has 0 radical (unpaired) electrons. The molecule has 6 nitrogen and oxygen atoms in total. The molecular weight excluding hydrogens is 961 g/mol. The summed E-state index contributed by atoms with van der Waals surface area (Å²) >= 11 is 0. The Morgan fingerprint density at radius 3 is 0.782 bits per heavy atom. The summed E-state index contributed by atoms with van der Waals surface area (Å²) in [6, 6.07) is 0. The van der Waals surface area contributed by atoms with Gasteiger partial charge in [0, 0.05) is 19.3 Å². The van der Waals surface area contributed by atoms with E-state index in [1.54, 1.807) is 0 Å². The Morgan fingerprint density at radius 2 is 0.500 bits per heavy atom. The molecule has 0 fully saturated rings. The van der Waals surface area contributed by atoms with Crippen molar-refractivity contribution in [1.82, 2.24) is 0 Å². The zero-order valence-corrected chi connectivity index (χ0v) is 51.7. The first kappa shape index (κ1) is 74.6. The molecule has 0 rings (SSSR count). The van der Waals surface area contributed by atoms with Gasteiger partial charge in [-0.05, 0) is 96.3 Å². The molecule has 450 valence electrons. The molecular formula is C72H126O6. The maximum atomic E-state index is 12.9. The zero-order chi connectivity index (χ0) is 56.4. The number of ether oxygens (including phenoxy) is 3. The molecule has 0 spiro atoms. The Balaban J connectivity index is 4.20. The van der Waals surface area contributed by atoms with E-state index in [1.807, 2.05) is 0 Å². The van der Waals surface area contributed by atoms with Gasteiger partial charge in [-0.15, -0.1) is 0 Å². The third-order valence-electron chi connectivity index (χ3n) is 14.6. The highest BCUT2D eigenvalue weighted by Crippen LogP contribution is 2.17. The lowest BCUT2D eigenvalue weighted by atomic mass is 10.0. The van der Waals surface area contributed by atoms with Crippen LogP contribution in [0.3, 0.4) is 0 Å². The number of rotatable bonds is 61. The number of allylic oxidation sites excluding steroid dienone is 14. The molecule has 0 heterocycles. The number of hydrogen-bond donors (Lipinski definition) is 0. The van der Waals surface area contributed by atoms with Crippen LogP contribution in [0.5, 0.6) is 0 Å². The minimum Gasteiger partial charge on any atom is -0.462 e. The SMILES string of the molecule is CC/C=C\C/C=C\C/C=C\C/C=C\C/C=C\CCCCCCCCCCCCCCCC(=O)OCC(COC(=O)CCCCCCCCCCCC)OC(=O)CCCCCCCCCCC/C=C\C/C=C\CCCCCCC. The summed E-state index contributed by atoms with van der Waals surface area (Å²) in [6.45, 7) is 6.54. The molecule has 1 unspecified atom stereocenters. The van der Waals surface area contributed by atoms with Crippen LogP contribution in [0, 0.1) is 0 Å². The Morgan fingerprint density at radius 1 is 0.269 bits per heavy atom. The highest BCUT2D eigenvalue weighted by Gasteiger charge is 2.19. The Hall–Kier alpha value is -3.41. The van der Waals surface area contributed by atoms with Gasteiger partial charge in [-0.1, -0.05) is 305 Å². The van der Waals surface area contributed by atoms with Crippen molar-refractivity contribution in [3.63, 3.8) is 0 Å². The predicted octanol–water partition coefficient (Wildman–Crippen LogP) is 23.1. The third-order valence-corrected chi connectivity index (χ3v) is 14.6. The molecule has 0 amide bonds. The van der Waals surface area contributed by atoms with Crippen molar-refractivity contribution in [2.75, 3.05) is 13.2 Å². The van der Waals surface area contributed by atoms with Crippen molar-refractivity contribution >= 4 is 17.9 Å². The first-order valence-electron chi connectivity index (χ1n) is 33.6. The molecule has 0 aliphatic rings. The standard InChI is InChI=1S/C72H126O6/c1-4-7-10-13-16-19-22-24-26-28-30-32-33-34-35-36-37-38-39-41-42-44-46-48-50-53-56-59-62-65-71(74)77-68-69(67-76-70(73)64-61-58-55-52-21-18-15-12-9-6-3)78-72(75)66-63-60-57-54-51-49-47-45-43-40-31-29-27-25-23-20-17-14-11-8-5-2/h7,10,16,19,23-26,29-32,34-35,69H,4-6,8-9,11-15,17-18,20-22,27-28,33,36-68H2,1-3H3/b10-7-,19-16-,25-23-,26-24-,31-29-,32-30-,35-34-. The Kier molecular flexibility index (Phi) is 63.2. The number of carbonyl (C=O) groups excluding carboxylic acids is 3. The van der Waals surface area contributed by atoms with Crippen molar-refractivity contribution in [1.29, 1.82) is 0 Å². The van der Waals surface area contributed by atoms with E-state index in [9.17, 15) is 14.4 Å². The minimum atomic E-state index is -0.777. The molecule has 0 saturated carbocycles. The molecule has 0 aliphatic carbocycles. The smallest absolute Gasteiger partial charge is 0.306 e. The van der Waals surface area contributed by atoms with Gasteiger partial charge in [0.1, 0.15) is 13.2 Å². The van der Waals surface area contributed by atoms with Gasteiger partial charge in [0.2, 0.25) is 0 Å². The van der Waals surface area contributed by atoms with Crippen LogP contribution >= 0.6 is 0 Å². The largest absolute Gasteiger partial charge is 0.462 e. The number of esters is 3. The van der Waals surface area contributed by atoms with Crippen LogP contribution in [0.25, 0.3) is 0 Å². The van der Waals surface area contributed by atoms with Crippen molar-refractivity contribution in [3.05, 3.63) is 85.1 Å². The number of carbonyl (C=O) groups is 3. The fourth-order valence-electron chi connectivity index (χ4n) is 9.62. The van der Waals surface area contributed by atoms with Crippen LogP contribution in [-0.2, 0) is 28.6 Å². The molecule has 0 aromatic rings. The van der Waals surface area contributed by atoms with Gasteiger partial charge in [0.05, 0.1) is 0 Å². The summed E-state index contributed by atoms with van der Waals surface area (Å²) in [5, 5.41) is 0. The lowest BCUT2D eigenvalue weighted by molar-refractivity contribution is -0.167. The summed E-state index contributed by atoms with van der Waals surface area (Å²) in [4.78, 5) is 38.3. The van der Waals surface area contributed by atoms with Crippen molar-refractivity contribution < 1.29 is 28.6 Å². The molecule has 1 atom stereocenters. The average Bonchev–Trinajstić information content (AvgIpc) is 3.44. The molecule has 0 aromatic heterocycles. The fourth-order valence-corrected chi connectivity index (χ4v) is 9.62. The summed E-state index contributed by atoms with van der Waals surface area (Å²) in [5.74, 6) is -0.866. The summed E-state index contributed by atoms with van der Waals surface area (Å²) < 4.78 is 16.9. The lowest BCUT2D eigenvalue weighted by Gasteiger charge is -2.18. The monoisotopic (exact) mass is 1090 g/mol. The molecule has 0 aliphatic heterocycles. The average molecular weight is 1090 g/mol. The highest BCUT2D eigenvalue weighted by molar-refractivity contribution is 5.71. The Labute approximate surface area is 484 Å². The summed E-state index contributed by atoms with van der Waals surface area (Å²) in [6.07, 6.45) is 87.5. The molecule has 0 N–H and O–H groups in total. The van der Waals surface area contributed by atoms with Crippen LogP contribution in [0.2, 0.25) is 0 Å². The van der Waals surface area contributed by atoms with E-state index in [-0.39, 0.29) is 31.1 Å². The summed E-state index contributed by atoms with van der Waals surface area (Å²) in [5.41, 5.74) is 0. The highest BCUT2D eigenvalue weighted by atomic mass is 16.6. The maximum Gasteiger partial charge on any atom is 0.306 e. The third kappa shape index (κ3) is 63.4. The van der Waals surface area contributed by atoms with Crippen LogP contribution in [0.1, 0.15) is 335 Å². The first-order valence-corrected chi connectivity index (χ1v) is 33.6. The quantitative estimate of drug-likeness (QED) is 0.0261. The van der Waals surface area contributed by atoms with Crippen LogP contribution in [-0.4, -0.2) is 37.2 Å². The fraction of sp³-hybridized carbons (Fsp3) is 0.764.